The zero-order chi connectivity index (χ0) is 27.9. The van der Waals surface area contributed by atoms with Crippen molar-refractivity contribution in [3.05, 3.63) is 79.9 Å². The standard InChI is InChI=1S/C26H32N6O6/c1-19(21-11-15-23(16-12-21)31(35)36)27-29-25(33)9-7-5-3-4-6-8-10-26(34)30-28-20(2)22-13-17-24(18-14-22)32(37)38/h11-18H,3-10H2,1-2H3,(H,29,33)(H,30,34). The van der Waals surface area contributed by atoms with Gasteiger partial charge in [0.15, 0.2) is 0 Å². The smallest absolute Gasteiger partial charge is 0.269 e. The van der Waals surface area contributed by atoms with Crippen molar-refractivity contribution in [2.75, 3.05) is 0 Å². The average Bonchev–Trinajstić information content (AvgIpc) is 2.91. The van der Waals surface area contributed by atoms with Gasteiger partial charge in [-0.05, 0) is 62.1 Å². The third-order valence-corrected chi connectivity index (χ3v) is 5.75. The first-order valence-corrected chi connectivity index (χ1v) is 12.3. The monoisotopic (exact) mass is 524 g/mol. The predicted molar refractivity (Wildman–Crippen MR) is 144 cm³/mol. The molecule has 0 atom stereocenters. The molecule has 0 radical (unpaired) electrons. The topological polar surface area (TPSA) is 169 Å². The molecule has 0 heterocycles. The minimum Gasteiger partial charge on any atom is -0.273 e. The van der Waals surface area contributed by atoms with E-state index in [1.165, 1.54) is 24.3 Å². The average molecular weight is 525 g/mol. The summed E-state index contributed by atoms with van der Waals surface area (Å²) in [5.74, 6) is -0.375. The third kappa shape index (κ3) is 10.6. The van der Waals surface area contributed by atoms with Gasteiger partial charge in [0, 0.05) is 37.1 Å². The van der Waals surface area contributed by atoms with Gasteiger partial charge >= 0.3 is 0 Å². The fourth-order valence-electron chi connectivity index (χ4n) is 3.46. The summed E-state index contributed by atoms with van der Waals surface area (Å²) in [4.78, 5) is 44.5. The van der Waals surface area contributed by atoms with E-state index in [2.05, 4.69) is 21.1 Å². The first kappa shape index (κ1) is 29.7. The first-order chi connectivity index (χ1) is 18.2. The molecule has 0 unspecified atom stereocenters. The lowest BCUT2D eigenvalue weighted by molar-refractivity contribution is -0.385. The summed E-state index contributed by atoms with van der Waals surface area (Å²) >= 11 is 0. The van der Waals surface area contributed by atoms with Gasteiger partial charge in [-0.1, -0.05) is 25.7 Å². The van der Waals surface area contributed by atoms with Crippen LogP contribution in [0.15, 0.2) is 58.7 Å². The molecule has 0 aromatic heterocycles. The molecular formula is C26H32N6O6. The third-order valence-electron chi connectivity index (χ3n) is 5.75. The van der Waals surface area contributed by atoms with Crippen LogP contribution in [0.5, 0.6) is 0 Å². The maximum absolute atomic E-state index is 12.0. The molecule has 0 saturated carbocycles. The maximum atomic E-state index is 12.0. The first-order valence-electron chi connectivity index (χ1n) is 12.3. The van der Waals surface area contributed by atoms with Crippen molar-refractivity contribution in [3.63, 3.8) is 0 Å². The number of carbonyl (C=O) groups is 2. The number of unbranched alkanes of at least 4 members (excludes halogenated alkanes) is 5. The van der Waals surface area contributed by atoms with E-state index in [1.54, 1.807) is 38.1 Å². The van der Waals surface area contributed by atoms with Crippen LogP contribution in [-0.4, -0.2) is 33.1 Å². The van der Waals surface area contributed by atoms with E-state index in [1.807, 2.05) is 0 Å². The largest absolute Gasteiger partial charge is 0.273 e. The number of non-ortho nitro benzene ring substituents is 2. The summed E-state index contributed by atoms with van der Waals surface area (Å²) in [6.07, 6.45) is 5.86. The Bertz CT molecular complexity index is 1080. The molecule has 2 N–H and O–H groups in total. The van der Waals surface area contributed by atoms with Crippen LogP contribution in [0.1, 0.15) is 76.3 Å². The number of nitrogens with one attached hydrogen (secondary N) is 2. The lowest BCUT2D eigenvalue weighted by atomic mass is 10.1. The van der Waals surface area contributed by atoms with Crippen molar-refractivity contribution in [1.29, 1.82) is 0 Å². The van der Waals surface area contributed by atoms with Gasteiger partial charge in [0.25, 0.3) is 11.4 Å². The highest BCUT2D eigenvalue weighted by atomic mass is 16.6. The van der Waals surface area contributed by atoms with Crippen molar-refractivity contribution in [2.45, 2.75) is 65.2 Å². The van der Waals surface area contributed by atoms with Crippen molar-refractivity contribution in [1.82, 2.24) is 10.9 Å². The predicted octanol–water partition coefficient (Wildman–Crippen LogP) is 5.00. The minimum atomic E-state index is -0.473. The number of amides is 2. The number of hydrazone groups is 2. The number of nitrogens with zero attached hydrogens (tertiary/aromatic N) is 4. The molecule has 0 spiro atoms. The Hall–Kier alpha value is -4.48. The van der Waals surface area contributed by atoms with Crippen LogP contribution < -0.4 is 10.9 Å². The van der Waals surface area contributed by atoms with Crippen LogP contribution in [-0.2, 0) is 9.59 Å². The van der Waals surface area contributed by atoms with Gasteiger partial charge < -0.3 is 0 Å². The van der Waals surface area contributed by atoms with Gasteiger partial charge in [-0.2, -0.15) is 10.2 Å². The van der Waals surface area contributed by atoms with Crippen LogP contribution in [0.2, 0.25) is 0 Å². The second kappa shape index (κ2) is 15.6. The fourth-order valence-corrected chi connectivity index (χ4v) is 3.46. The zero-order valence-electron chi connectivity index (χ0n) is 21.5. The van der Waals surface area contributed by atoms with Gasteiger partial charge in [0.05, 0.1) is 21.3 Å². The molecule has 2 rings (SSSR count). The molecule has 0 fully saturated rings. The summed E-state index contributed by atoms with van der Waals surface area (Å²) < 4.78 is 0. The lowest BCUT2D eigenvalue weighted by Gasteiger charge is -2.04. The summed E-state index contributed by atoms with van der Waals surface area (Å²) in [7, 11) is 0. The molecule has 0 saturated heterocycles. The number of nitro benzene ring substituents is 2. The minimum absolute atomic E-state index is 0.00468. The number of carbonyl (C=O) groups excluding carboxylic acids is 2. The molecule has 0 aliphatic heterocycles. The molecule has 202 valence electrons. The fraction of sp³-hybridized carbons (Fsp3) is 0.385. The van der Waals surface area contributed by atoms with E-state index in [0.717, 1.165) is 38.5 Å². The Morgan fingerprint density at radius 2 is 0.947 bits per heavy atom. The van der Waals surface area contributed by atoms with E-state index < -0.39 is 9.85 Å². The second-order valence-corrected chi connectivity index (χ2v) is 8.69. The van der Waals surface area contributed by atoms with Gasteiger partial charge in [-0.15, -0.1) is 0 Å². The second-order valence-electron chi connectivity index (χ2n) is 8.69. The van der Waals surface area contributed by atoms with Crippen LogP contribution >= 0.6 is 0 Å². The van der Waals surface area contributed by atoms with Crippen molar-refractivity contribution >= 4 is 34.6 Å². The highest BCUT2D eigenvalue weighted by Gasteiger charge is 2.08. The molecule has 2 amide bonds. The SMILES string of the molecule is CC(=NNC(=O)CCCCCCCCC(=O)NN=C(C)c1ccc([N+](=O)[O-])cc1)c1ccc([N+](=O)[O-])cc1. The summed E-state index contributed by atoms with van der Waals surface area (Å²) in [5.41, 5.74) is 7.52. The highest BCUT2D eigenvalue weighted by molar-refractivity contribution is 6.00. The van der Waals surface area contributed by atoms with Gasteiger partial charge in [0.1, 0.15) is 0 Å². The van der Waals surface area contributed by atoms with Crippen LogP contribution in [0, 0.1) is 20.2 Å². The normalized spacial score (nSPS) is 11.6. The maximum Gasteiger partial charge on any atom is 0.269 e. The van der Waals surface area contributed by atoms with Crippen LogP contribution in [0.3, 0.4) is 0 Å². The highest BCUT2D eigenvalue weighted by Crippen LogP contribution is 2.14. The van der Waals surface area contributed by atoms with Crippen molar-refractivity contribution in [3.8, 4) is 0 Å². The number of hydrogen-bond donors (Lipinski definition) is 2. The quantitative estimate of drug-likeness (QED) is 0.144. The molecule has 0 aliphatic carbocycles. The van der Waals surface area contributed by atoms with E-state index in [9.17, 15) is 29.8 Å². The Morgan fingerprint density at radius 1 is 0.632 bits per heavy atom. The molecule has 12 nitrogen and oxygen atoms in total. The number of rotatable bonds is 15. The van der Waals surface area contributed by atoms with E-state index >= 15 is 0 Å². The van der Waals surface area contributed by atoms with E-state index in [0.29, 0.717) is 35.4 Å². The van der Waals surface area contributed by atoms with E-state index in [4.69, 9.17) is 0 Å². The molecule has 12 heteroatoms. The lowest BCUT2D eigenvalue weighted by Crippen LogP contribution is -2.19. The molecule has 0 aliphatic rings. The van der Waals surface area contributed by atoms with Gasteiger partial charge in [0.2, 0.25) is 11.8 Å². The Kier molecular flexibility index (Phi) is 12.2. The van der Waals surface area contributed by atoms with Crippen molar-refractivity contribution in [2.24, 2.45) is 10.2 Å². The molecule has 38 heavy (non-hydrogen) atoms. The number of nitro groups is 2. The van der Waals surface area contributed by atoms with Gasteiger partial charge in [-0.3, -0.25) is 29.8 Å². The van der Waals surface area contributed by atoms with Crippen LogP contribution in [0.4, 0.5) is 11.4 Å². The molecule has 0 bridgehead atoms. The molecular weight excluding hydrogens is 492 g/mol. The van der Waals surface area contributed by atoms with Crippen molar-refractivity contribution < 1.29 is 19.4 Å². The zero-order valence-corrected chi connectivity index (χ0v) is 21.5. The Balaban J connectivity index is 1.54. The number of benzene rings is 2. The number of hydrogen-bond acceptors (Lipinski definition) is 8. The Labute approximate surface area is 220 Å². The summed E-state index contributed by atoms with van der Waals surface area (Å²) in [5, 5.41) is 29.5. The van der Waals surface area contributed by atoms with Gasteiger partial charge in [-0.25, -0.2) is 10.9 Å². The van der Waals surface area contributed by atoms with Crippen LogP contribution in [0.25, 0.3) is 0 Å². The summed E-state index contributed by atoms with van der Waals surface area (Å²) in [6.45, 7) is 3.43. The molecule has 2 aromatic carbocycles. The van der Waals surface area contributed by atoms with E-state index in [-0.39, 0.29) is 23.2 Å². The molecule has 2 aromatic rings. The Morgan fingerprint density at radius 3 is 1.26 bits per heavy atom. The summed E-state index contributed by atoms with van der Waals surface area (Å²) in [6, 6.07) is 11.9.